The summed E-state index contributed by atoms with van der Waals surface area (Å²) in [4.78, 5) is 38.0. The van der Waals surface area contributed by atoms with Crippen molar-refractivity contribution in [2.24, 2.45) is 0 Å². The molecule has 1 unspecified atom stereocenters. The molecule has 6 nitrogen and oxygen atoms in total. The van der Waals surface area contributed by atoms with E-state index in [0.717, 1.165) is 83.5 Å². The Labute approximate surface area is 382 Å². The zero-order chi connectivity index (χ0) is 45.1. The molecule has 0 rings (SSSR count). The largest absolute Gasteiger partial charge is 0.462 e. The first-order chi connectivity index (χ1) is 30.5. The third kappa shape index (κ3) is 47.9. The predicted octanol–water partition coefficient (Wildman–Crippen LogP) is 17.0. The van der Waals surface area contributed by atoms with Gasteiger partial charge in [0.05, 0.1) is 0 Å². The lowest BCUT2D eigenvalue weighted by molar-refractivity contribution is -0.167. The number of rotatable bonds is 46. The zero-order valence-corrected chi connectivity index (χ0v) is 40.6. The summed E-state index contributed by atoms with van der Waals surface area (Å²) in [7, 11) is 0. The van der Waals surface area contributed by atoms with Crippen LogP contribution >= 0.6 is 0 Å². The van der Waals surface area contributed by atoms with E-state index in [1.807, 2.05) is 0 Å². The van der Waals surface area contributed by atoms with E-state index in [0.29, 0.717) is 19.3 Å². The van der Waals surface area contributed by atoms with Crippen molar-refractivity contribution in [2.75, 3.05) is 13.2 Å². The topological polar surface area (TPSA) is 78.9 Å². The molecule has 0 amide bonds. The molecule has 0 aromatic carbocycles. The number of hydrogen-bond donors (Lipinski definition) is 0. The second-order valence-electron chi connectivity index (χ2n) is 17.2. The van der Waals surface area contributed by atoms with Crippen molar-refractivity contribution in [2.45, 2.75) is 252 Å². The van der Waals surface area contributed by atoms with Crippen LogP contribution in [0.25, 0.3) is 0 Å². The highest BCUT2D eigenvalue weighted by atomic mass is 16.6. The van der Waals surface area contributed by atoms with Gasteiger partial charge in [-0.05, 0) is 57.8 Å². The van der Waals surface area contributed by atoms with E-state index >= 15 is 0 Å². The summed E-state index contributed by atoms with van der Waals surface area (Å²) < 4.78 is 16.8. The number of ether oxygens (including phenoxy) is 3. The fraction of sp³-hybridized carbons (Fsp3) is 0.732. The van der Waals surface area contributed by atoms with Gasteiger partial charge in [0, 0.05) is 19.3 Å². The average Bonchev–Trinajstić information content (AvgIpc) is 3.27. The van der Waals surface area contributed by atoms with Gasteiger partial charge >= 0.3 is 17.9 Å². The molecule has 0 aromatic rings. The van der Waals surface area contributed by atoms with Crippen molar-refractivity contribution < 1.29 is 28.6 Å². The van der Waals surface area contributed by atoms with Crippen molar-refractivity contribution in [1.82, 2.24) is 0 Å². The Morgan fingerprint density at radius 1 is 0.339 bits per heavy atom. The highest BCUT2D eigenvalue weighted by Gasteiger charge is 2.19. The molecular formula is C56H96O6. The van der Waals surface area contributed by atoms with Gasteiger partial charge in [0.2, 0.25) is 0 Å². The smallest absolute Gasteiger partial charge is 0.306 e. The number of hydrogen-bond acceptors (Lipinski definition) is 6. The van der Waals surface area contributed by atoms with Gasteiger partial charge in [0.15, 0.2) is 6.10 Å². The van der Waals surface area contributed by atoms with Crippen molar-refractivity contribution in [1.29, 1.82) is 0 Å². The lowest BCUT2D eigenvalue weighted by Crippen LogP contribution is -2.30. The molecule has 356 valence electrons. The summed E-state index contributed by atoms with van der Waals surface area (Å²) in [5, 5.41) is 0. The van der Waals surface area contributed by atoms with E-state index in [-0.39, 0.29) is 31.1 Å². The maximum absolute atomic E-state index is 12.8. The van der Waals surface area contributed by atoms with Crippen LogP contribution in [0.3, 0.4) is 0 Å². The van der Waals surface area contributed by atoms with Gasteiger partial charge in [0.25, 0.3) is 0 Å². The van der Waals surface area contributed by atoms with Crippen LogP contribution in [0.2, 0.25) is 0 Å². The Hall–Kier alpha value is -3.15. The van der Waals surface area contributed by atoms with Crippen molar-refractivity contribution in [3.8, 4) is 0 Å². The normalized spacial score (nSPS) is 12.6. The van der Waals surface area contributed by atoms with Crippen LogP contribution in [0.5, 0.6) is 0 Å². The minimum Gasteiger partial charge on any atom is -0.462 e. The maximum atomic E-state index is 12.8. The number of carbonyl (C=O) groups excluding carboxylic acids is 3. The first kappa shape index (κ1) is 58.9. The first-order valence-electron chi connectivity index (χ1n) is 26.0. The molecule has 0 aliphatic carbocycles. The molecule has 1 atom stereocenters. The Kier molecular flexibility index (Phi) is 47.9. The summed E-state index contributed by atoms with van der Waals surface area (Å²) in [5.74, 6) is -0.903. The molecule has 0 heterocycles. The summed E-state index contributed by atoms with van der Waals surface area (Å²) in [6, 6.07) is 0. The van der Waals surface area contributed by atoms with E-state index in [1.165, 1.54) is 122 Å². The SMILES string of the molecule is CC\C=C/C=C\C=C/CCCCCCCCCC(=O)OCC(COC(=O)CCCCCCCCCCCCCCCC)OC(=O)CCCCCCCCC\C=C/C=C\C=C/CC. The minimum atomic E-state index is -0.784. The highest BCUT2D eigenvalue weighted by Crippen LogP contribution is 2.15. The fourth-order valence-corrected chi connectivity index (χ4v) is 7.21. The number of allylic oxidation sites excluding steroid dienone is 12. The predicted molar refractivity (Wildman–Crippen MR) is 265 cm³/mol. The van der Waals surface area contributed by atoms with Gasteiger partial charge in [0.1, 0.15) is 13.2 Å². The molecule has 0 aromatic heterocycles. The lowest BCUT2D eigenvalue weighted by Gasteiger charge is -2.18. The van der Waals surface area contributed by atoms with Crippen LogP contribution in [-0.2, 0) is 28.6 Å². The Bertz CT molecular complexity index is 1180. The van der Waals surface area contributed by atoms with E-state index in [9.17, 15) is 14.4 Å². The van der Waals surface area contributed by atoms with Crippen molar-refractivity contribution in [3.05, 3.63) is 72.9 Å². The summed E-state index contributed by atoms with van der Waals surface area (Å²) >= 11 is 0. The van der Waals surface area contributed by atoms with E-state index in [4.69, 9.17) is 14.2 Å². The van der Waals surface area contributed by atoms with Crippen LogP contribution < -0.4 is 0 Å². The maximum Gasteiger partial charge on any atom is 0.306 e. The first-order valence-corrected chi connectivity index (χ1v) is 26.0. The summed E-state index contributed by atoms with van der Waals surface area (Å²) in [6.45, 7) is 6.37. The molecule has 0 saturated carbocycles. The van der Waals surface area contributed by atoms with E-state index in [2.05, 4.69) is 93.7 Å². The van der Waals surface area contributed by atoms with Crippen LogP contribution in [0, 0.1) is 0 Å². The third-order valence-corrected chi connectivity index (χ3v) is 11.1. The molecule has 0 aliphatic rings. The number of carbonyl (C=O) groups is 3. The molecule has 0 fully saturated rings. The molecular weight excluding hydrogens is 769 g/mol. The molecule has 62 heavy (non-hydrogen) atoms. The molecule has 0 radical (unpaired) electrons. The standard InChI is InChI=1S/C56H96O6/c1-4-7-10-13-16-19-22-25-28-31-34-37-40-43-46-49-55(58)61-52-53(51-60-54(57)48-45-42-39-36-33-30-27-24-21-18-15-12-9-6-3)62-56(59)50-47-44-41-38-35-32-29-26-23-20-17-14-11-8-5-2/h7-8,10-11,13-14,16-17,19-20,22-23,53H,4-6,9,12,15,18,21,24-52H2,1-3H3/b10-7-,11-8-,16-13-,17-14-,22-19-,23-20-. The van der Waals surface area contributed by atoms with Crippen LogP contribution in [0.15, 0.2) is 72.9 Å². The molecule has 0 aliphatic heterocycles. The highest BCUT2D eigenvalue weighted by molar-refractivity contribution is 5.71. The average molecular weight is 865 g/mol. The monoisotopic (exact) mass is 865 g/mol. The quantitative estimate of drug-likeness (QED) is 0.0262. The van der Waals surface area contributed by atoms with E-state index < -0.39 is 6.10 Å². The molecule has 0 bridgehead atoms. The summed E-state index contributed by atoms with van der Waals surface area (Å²) in [6.07, 6.45) is 63.1. The number of esters is 3. The van der Waals surface area contributed by atoms with Gasteiger partial charge in [-0.3, -0.25) is 14.4 Å². The zero-order valence-electron chi connectivity index (χ0n) is 40.6. The van der Waals surface area contributed by atoms with Crippen LogP contribution in [-0.4, -0.2) is 37.2 Å². The molecule has 0 saturated heterocycles. The van der Waals surface area contributed by atoms with Gasteiger partial charge in [-0.15, -0.1) is 0 Å². The Morgan fingerprint density at radius 2 is 0.629 bits per heavy atom. The summed E-state index contributed by atoms with van der Waals surface area (Å²) in [5.41, 5.74) is 0. The number of unbranched alkanes of at least 4 members (excludes halogenated alkanes) is 27. The van der Waals surface area contributed by atoms with Crippen LogP contribution in [0.4, 0.5) is 0 Å². The van der Waals surface area contributed by atoms with Gasteiger partial charge in [-0.2, -0.15) is 0 Å². The fourth-order valence-electron chi connectivity index (χ4n) is 7.21. The van der Waals surface area contributed by atoms with Crippen molar-refractivity contribution in [3.63, 3.8) is 0 Å². The molecule has 0 spiro atoms. The Morgan fingerprint density at radius 3 is 0.968 bits per heavy atom. The van der Waals surface area contributed by atoms with Crippen LogP contribution in [0.1, 0.15) is 245 Å². The van der Waals surface area contributed by atoms with E-state index in [1.54, 1.807) is 0 Å². The van der Waals surface area contributed by atoms with Gasteiger partial charge in [-0.25, -0.2) is 0 Å². The lowest BCUT2D eigenvalue weighted by atomic mass is 10.0. The minimum absolute atomic E-state index is 0.0827. The molecule has 0 N–H and O–H groups in total. The van der Waals surface area contributed by atoms with Crippen molar-refractivity contribution >= 4 is 17.9 Å². The second kappa shape index (κ2) is 50.5. The Balaban J connectivity index is 4.41. The second-order valence-corrected chi connectivity index (χ2v) is 17.2. The third-order valence-electron chi connectivity index (χ3n) is 11.1. The molecule has 6 heteroatoms. The van der Waals surface area contributed by atoms with Gasteiger partial charge in [-0.1, -0.05) is 241 Å². The van der Waals surface area contributed by atoms with Gasteiger partial charge < -0.3 is 14.2 Å².